The van der Waals surface area contributed by atoms with Gasteiger partial charge >= 0.3 is 0 Å². The Morgan fingerprint density at radius 2 is 1.85 bits per heavy atom. The van der Waals surface area contributed by atoms with Crippen LogP contribution in [-0.2, 0) is 19.6 Å². The van der Waals surface area contributed by atoms with Crippen LogP contribution in [0.25, 0.3) is 16.9 Å². The third-order valence-corrected chi connectivity index (χ3v) is 8.94. The summed E-state index contributed by atoms with van der Waals surface area (Å²) < 4.78 is 41.0. The monoisotopic (exact) mass is 614 g/mol. The Morgan fingerprint density at radius 3 is 2.51 bits per heavy atom. The molecular formula is C29H28Cl2N4O5S. The van der Waals surface area contributed by atoms with Crippen LogP contribution in [0.5, 0.6) is 5.75 Å². The summed E-state index contributed by atoms with van der Waals surface area (Å²) >= 11 is 12.3. The Kier molecular flexibility index (Phi) is 8.96. The van der Waals surface area contributed by atoms with Crippen LogP contribution in [0.4, 0.5) is 5.95 Å². The molecule has 1 aromatic heterocycles. The third-order valence-electron chi connectivity index (χ3n) is 6.63. The SMILES string of the molecule is COc1ccc(S(=O)(=O)N(CC(=O)Nc2nc(-c3ccc(Cl)cc3)cn2-c2cccc(Cl)c2)CC2CCCO2)cc1. The van der Waals surface area contributed by atoms with E-state index in [0.717, 1.165) is 16.3 Å². The molecule has 0 aliphatic carbocycles. The largest absolute Gasteiger partial charge is 0.497 e. The summed E-state index contributed by atoms with van der Waals surface area (Å²) in [6.45, 7) is 0.158. The first-order valence-corrected chi connectivity index (χ1v) is 15.1. The number of hydrogen-bond acceptors (Lipinski definition) is 6. The zero-order valence-electron chi connectivity index (χ0n) is 22.2. The first-order chi connectivity index (χ1) is 19.7. The molecule has 0 spiro atoms. The second-order valence-corrected chi connectivity index (χ2v) is 12.3. The number of sulfonamides is 1. The van der Waals surface area contributed by atoms with Gasteiger partial charge in [-0.2, -0.15) is 4.31 Å². The minimum Gasteiger partial charge on any atom is -0.497 e. The lowest BCUT2D eigenvalue weighted by molar-refractivity contribution is -0.116. The summed E-state index contributed by atoms with van der Waals surface area (Å²) in [6.07, 6.45) is 3.00. The fraction of sp³-hybridized carbons (Fsp3) is 0.241. The van der Waals surface area contributed by atoms with Crippen molar-refractivity contribution in [3.63, 3.8) is 0 Å². The van der Waals surface area contributed by atoms with Crippen LogP contribution in [-0.4, -0.2) is 61.1 Å². The Hall–Kier alpha value is -3.41. The van der Waals surface area contributed by atoms with Crippen LogP contribution in [0.3, 0.4) is 0 Å². The molecule has 0 saturated carbocycles. The van der Waals surface area contributed by atoms with Gasteiger partial charge in [-0.3, -0.25) is 14.7 Å². The van der Waals surface area contributed by atoms with Gasteiger partial charge in [0.2, 0.25) is 21.9 Å². The number of aromatic nitrogens is 2. The predicted molar refractivity (Wildman–Crippen MR) is 158 cm³/mol. The highest BCUT2D eigenvalue weighted by molar-refractivity contribution is 7.89. The van der Waals surface area contributed by atoms with E-state index in [1.165, 1.54) is 19.2 Å². The Labute approximate surface area is 248 Å². The summed E-state index contributed by atoms with van der Waals surface area (Å²) in [5.74, 6) is 0.175. The van der Waals surface area contributed by atoms with Crippen molar-refractivity contribution in [3.8, 4) is 22.7 Å². The van der Waals surface area contributed by atoms with Crippen molar-refractivity contribution in [2.45, 2.75) is 23.8 Å². The number of methoxy groups -OCH3 is 1. The molecule has 214 valence electrons. The number of carbonyl (C=O) groups is 1. The fourth-order valence-corrected chi connectivity index (χ4v) is 6.27. The lowest BCUT2D eigenvalue weighted by Crippen LogP contribution is -2.42. The minimum absolute atomic E-state index is 0.0422. The van der Waals surface area contributed by atoms with Crippen LogP contribution >= 0.6 is 23.2 Å². The van der Waals surface area contributed by atoms with Crippen molar-refractivity contribution < 1.29 is 22.7 Å². The molecule has 12 heteroatoms. The van der Waals surface area contributed by atoms with Crippen molar-refractivity contribution in [3.05, 3.63) is 89.0 Å². The van der Waals surface area contributed by atoms with Crippen LogP contribution in [0.2, 0.25) is 10.0 Å². The Morgan fingerprint density at radius 1 is 1.10 bits per heavy atom. The molecule has 0 bridgehead atoms. The second kappa shape index (κ2) is 12.6. The van der Waals surface area contributed by atoms with E-state index in [2.05, 4.69) is 10.3 Å². The maximum atomic E-state index is 13.7. The molecule has 2 heterocycles. The van der Waals surface area contributed by atoms with E-state index in [4.69, 9.17) is 32.7 Å². The van der Waals surface area contributed by atoms with E-state index < -0.39 is 22.5 Å². The number of carbonyl (C=O) groups excluding carboxylic acids is 1. The number of benzene rings is 3. The second-order valence-electron chi connectivity index (χ2n) is 9.46. The molecule has 3 aromatic carbocycles. The van der Waals surface area contributed by atoms with Crippen LogP contribution in [0.1, 0.15) is 12.8 Å². The molecule has 1 unspecified atom stereocenters. The standard InChI is InChI=1S/C29H28Cl2N4O5S/c1-39-24-11-13-26(14-12-24)41(37,38)34(17-25-6-3-15-40-25)19-28(36)33-29-32-27(20-7-9-21(30)10-8-20)18-35(29)23-5-2-4-22(31)16-23/h2,4-5,7-14,16,18,25H,3,6,15,17,19H2,1H3,(H,32,33,36). The molecule has 9 nitrogen and oxygen atoms in total. The molecule has 0 radical (unpaired) electrons. The van der Waals surface area contributed by atoms with Crippen molar-refractivity contribution in [2.24, 2.45) is 0 Å². The highest BCUT2D eigenvalue weighted by atomic mass is 35.5. The maximum Gasteiger partial charge on any atom is 0.243 e. The molecule has 1 atom stereocenters. The van der Waals surface area contributed by atoms with Gasteiger partial charge in [-0.25, -0.2) is 13.4 Å². The van der Waals surface area contributed by atoms with Gasteiger partial charge in [0.25, 0.3) is 0 Å². The van der Waals surface area contributed by atoms with E-state index in [1.807, 2.05) is 18.2 Å². The molecule has 41 heavy (non-hydrogen) atoms. The Balaban J connectivity index is 1.44. The van der Waals surface area contributed by atoms with Gasteiger partial charge in [0.1, 0.15) is 5.75 Å². The number of hydrogen-bond donors (Lipinski definition) is 1. The fourth-order valence-electron chi connectivity index (χ4n) is 4.54. The minimum atomic E-state index is -4.03. The summed E-state index contributed by atoms with van der Waals surface area (Å²) in [5, 5.41) is 3.90. The van der Waals surface area contributed by atoms with Gasteiger partial charge in [-0.05, 0) is 67.4 Å². The average Bonchev–Trinajstić information content (AvgIpc) is 3.63. The van der Waals surface area contributed by atoms with Gasteiger partial charge < -0.3 is 9.47 Å². The van der Waals surface area contributed by atoms with Crippen molar-refractivity contribution in [2.75, 3.05) is 32.1 Å². The zero-order chi connectivity index (χ0) is 29.0. The number of nitrogens with zero attached hydrogens (tertiary/aromatic N) is 3. The average molecular weight is 616 g/mol. The van der Waals surface area contributed by atoms with Crippen molar-refractivity contribution in [1.82, 2.24) is 13.9 Å². The molecule has 1 saturated heterocycles. The number of ether oxygens (including phenoxy) is 2. The van der Waals surface area contributed by atoms with E-state index in [1.54, 1.807) is 53.2 Å². The number of imidazole rings is 1. The number of rotatable bonds is 10. The summed E-state index contributed by atoms with van der Waals surface area (Å²) in [4.78, 5) is 18.1. The molecular weight excluding hydrogens is 587 g/mol. The highest BCUT2D eigenvalue weighted by Gasteiger charge is 2.31. The first kappa shape index (κ1) is 29.1. The van der Waals surface area contributed by atoms with E-state index in [0.29, 0.717) is 40.2 Å². The van der Waals surface area contributed by atoms with E-state index >= 15 is 0 Å². The first-order valence-electron chi connectivity index (χ1n) is 12.9. The number of amides is 1. The van der Waals surface area contributed by atoms with Crippen LogP contribution < -0.4 is 10.1 Å². The molecule has 1 amide bonds. The maximum absolute atomic E-state index is 13.7. The molecule has 4 aromatic rings. The predicted octanol–water partition coefficient (Wildman–Crippen LogP) is 5.66. The van der Waals surface area contributed by atoms with E-state index in [-0.39, 0.29) is 23.5 Å². The summed E-state index contributed by atoms with van der Waals surface area (Å²) in [7, 11) is -2.53. The molecule has 1 fully saturated rings. The van der Waals surface area contributed by atoms with Crippen molar-refractivity contribution in [1.29, 1.82) is 0 Å². The van der Waals surface area contributed by atoms with Crippen LogP contribution in [0.15, 0.2) is 83.9 Å². The quantitative estimate of drug-likeness (QED) is 0.247. The molecule has 1 N–H and O–H groups in total. The van der Waals surface area contributed by atoms with Gasteiger partial charge in [0.15, 0.2) is 0 Å². The van der Waals surface area contributed by atoms with Gasteiger partial charge in [-0.15, -0.1) is 0 Å². The molecule has 1 aliphatic rings. The highest BCUT2D eigenvalue weighted by Crippen LogP contribution is 2.27. The summed E-state index contributed by atoms with van der Waals surface area (Å²) in [6, 6.07) is 20.3. The Bertz CT molecular complexity index is 1620. The number of anilines is 1. The number of nitrogens with one attached hydrogen (secondary N) is 1. The molecule has 1 aliphatic heterocycles. The number of halogens is 2. The summed E-state index contributed by atoms with van der Waals surface area (Å²) in [5.41, 5.74) is 2.04. The lowest BCUT2D eigenvalue weighted by Gasteiger charge is -2.24. The molecule has 5 rings (SSSR count). The third kappa shape index (κ3) is 6.91. The zero-order valence-corrected chi connectivity index (χ0v) is 24.5. The van der Waals surface area contributed by atoms with Gasteiger partial charge in [0, 0.05) is 40.6 Å². The smallest absolute Gasteiger partial charge is 0.243 e. The van der Waals surface area contributed by atoms with E-state index in [9.17, 15) is 13.2 Å². The van der Waals surface area contributed by atoms with Crippen molar-refractivity contribution >= 4 is 45.1 Å². The lowest BCUT2D eigenvalue weighted by atomic mass is 10.2. The normalized spacial score (nSPS) is 15.3. The van der Waals surface area contributed by atoms with Gasteiger partial charge in [0.05, 0.1) is 30.3 Å². The van der Waals surface area contributed by atoms with Gasteiger partial charge in [-0.1, -0.05) is 41.4 Å². The topological polar surface area (TPSA) is 103 Å². The van der Waals surface area contributed by atoms with Crippen LogP contribution in [0, 0.1) is 0 Å².